The number of piperidine rings is 1. The van der Waals surface area contributed by atoms with E-state index in [2.05, 4.69) is 11.0 Å². The third-order valence-electron chi connectivity index (χ3n) is 6.07. The molecule has 3 heterocycles. The Labute approximate surface area is 181 Å². The van der Waals surface area contributed by atoms with Crippen molar-refractivity contribution in [3.8, 4) is 17.2 Å². The summed E-state index contributed by atoms with van der Waals surface area (Å²) in [5.74, 6) is 3.54. The highest BCUT2D eigenvalue weighted by Crippen LogP contribution is 2.31. The fourth-order valence-corrected chi connectivity index (χ4v) is 4.39. The molecule has 1 saturated heterocycles. The van der Waals surface area contributed by atoms with Gasteiger partial charge in [0.2, 0.25) is 5.89 Å². The Bertz CT molecular complexity index is 1180. The lowest BCUT2D eigenvalue weighted by molar-refractivity contribution is 0.185. The number of hydrogen-bond acceptors (Lipinski definition) is 6. The summed E-state index contributed by atoms with van der Waals surface area (Å²) < 4.78 is 17.4. The Morgan fingerprint density at radius 1 is 1.10 bits per heavy atom. The van der Waals surface area contributed by atoms with Gasteiger partial charge in [-0.2, -0.15) is 0 Å². The summed E-state index contributed by atoms with van der Waals surface area (Å²) >= 11 is 0. The fraction of sp³-hybridized carbons (Fsp3) is 0.360. The van der Waals surface area contributed by atoms with Crippen LogP contribution >= 0.6 is 0 Å². The second-order valence-electron chi connectivity index (χ2n) is 8.30. The molecular formula is C25H27N3O3. The van der Waals surface area contributed by atoms with E-state index in [9.17, 15) is 0 Å². The Hall–Kier alpha value is -3.12. The van der Waals surface area contributed by atoms with Crippen molar-refractivity contribution in [3.63, 3.8) is 0 Å². The second-order valence-corrected chi connectivity index (χ2v) is 8.30. The molecule has 6 heteroatoms. The largest absolute Gasteiger partial charge is 0.496 e. The molecule has 0 aliphatic carbocycles. The van der Waals surface area contributed by atoms with Crippen LogP contribution in [0.2, 0.25) is 0 Å². The standard InChI is InChI=1S/C25H27N3O3/c1-16-13-18(10-11-22(16)29-3)24-27-21(17(2)30-24)15-28-12-6-7-19(14-28)25-26-20-8-4-5-9-23(20)31-25/h4-5,8-11,13,19H,6-7,12,14-15H2,1-3H3. The Morgan fingerprint density at radius 2 is 1.97 bits per heavy atom. The number of oxazole rings is 2. The van der Waals surface area contributed by atoms with Gasteiger partial charge in [-0.3, -0.25) is 4.90 Å². The summed E-state index contributed by atoms with van der Waals surface area (Å²) in [4.78, 5) is 12.0. The van der Waals surface area contributed by atoms with Crippen molar-refractivity contribution in [2.45, 2.75) is 39.2 Å². The molecule has 1 unspecified atom stereocenters. The van der Waals surface area contributed by atoms with Gasteiger partial charge in [-0.15, -0.1) is 0 Å². The minimum absolute atomic E-state index is 0.303. The minimum atomic E-state index is 0.303. The lowest BCUT2D eigenvalue weighted by Gasteiger charge is -2.30. The number of para-hydroxylation sites is 2. The van der Waals surface area contributed by atoms with Crippen molar-refractivity contribution in [1.29, 1.82) is 0 Å². The molecule has 1 fully saturated rings. The first-order valence-electron chi connectivity index (χ1n) is 10.8. The molecule has 1 aliphatic rings. The molecular weight excluding hydrogens is 390 g/mol. The number of ether oxygens (including phenoxy) is 1. The summed E-state index contributed by atoms with van der Waals surface area (Å²) in [5, 5.41) is 0. The van der Waals surface area contributed by atoms with E-state index >= 15 is 0 Å². The van der Waals surface area contributed by atoms with Crippen molar-refractivity contribution in [2.24, 2.45) is 0 Å². The summed E-state index contributed by atoms with van der Waals surface area (Å²) in [6.07, 6.45) is 2.21. The van der Waals surface area contributed by atoms with Gasteiger partial charge in [-0.1, -0.05) is 12.1 Å². The average Bonchev–Trinajstić information content (AvgIpc) is 3.38. The van der Waals surface area contributed by atoms with Gasteiger partial charge in [0.1, 0.15) is 17.0 Å². The number of likely N-dealkylation sites (tertiary alicyclic amines) is 1. The average molecular weight is 418 g/mol. The molecule has 6 nitrogen and oxygen atoms in total. The molecule has 2 aromatic carbocycles. The van der Waals surface area contributed by atoms with Gasteiger partial charge in [0.25, 0.3) is 0 Å². The van der Waals surface area contributed by atoms with Gasteiger partial charge in [-0.25, -0.2) is 9.97 Å². The van der Waals surface area contributed by atoms with Gasteiger partial charge in [-0.05, 0) is 69.1 Å². The topological polar surface area (TPSA) is 64.5 Å². The number of rotatable bonds is 5. The monoisotopic (exact) mass is 417 g/mol. The summed E-state index contributed by atoms with van der Waals surface area (Å²) in [6.45, 7) is 6.74. The predicted octanol–water partition coefficient (Wildman–Crippen LogP) is 5.49. The van der Waals surface area contributed by atoms with E-state index in [0.29, 0.717) is 11.8 Å². The third kappa shape index (κ3) is 3.95. The van der Waals surface area contributed by atoms with Gasteiger partial charge >= 0.3 is 0 Å². The summed E-state index contributed by atoms with van der Waals surface area (Å²) in [5.41, 5.74) is 4.81. The van der Waals surface area contributed by atoms with Gasteiger partial charge in [0, 0.05) is 24.6 Å². The van der Waals surface area contributed by atoms with E-state index in [0.717, 1.165) is 77.8 Å². The van der Waals surface area contributed by atoms with Gasteiger partial charge in [0.05, 0.1) is 12.8 Å². The quantitative estimate of drug-likeness (QED) is 0.428. The zero-order chi connectivity index (χ0) is 21.4. The Balaban J connectivity index is 1.32. The second kappa shape index (κ2) is 8.19. The van der Waals surface area contributed by atoms with Crippen molar-refractivity contribution in [2.75, 3.05) is 20.2 Å². The van der Waals surface area contributed by atoms with Crippen LogP contribution < -0.4 is 4.74 Å². The first-order chi connectivity index (χ1) is 15.1. The maximum Gasteiger partial charge on any atom is 0.226 e. The molecule has 4 aromatic rings. The zero-order valence-corrected chi connectivity index (χ0v) is 18.2. The molecule has 0 radical (unpaired) electrons. The number of methoxy groups -OCH3 is 1. The molecule has 0 bridgehead atoms. The first-order valence-corrected chi connectivity index (χ1v) is 10.8. The minimum Gasteiger partial charge on any atom is -0.496 e. The Kier molecular flexibility index (Phi) is 5.24. The van der Waals surface area contributed by atoms with E-state index in [1.54, 1.807) is 7.11 Å². The number of benzene rings is 2. The number of aryl methyl sites for hydroxylation is 2. The SMILES string of the molecule is COc1ccc(-c2nc(CN3CCCC(c4nc5ccccc5o4)C3)c(C)o2)cc1C. The molecule has 2 aromatic heterocycles. The van der Waals surface area contributed by atoms with Crippen LogP contribution in [0.5, 0.6) is 5.75 Å². The van der Waals surface area contributed by atoms with Crippen LogP contribution in [-0.2, 0) is 6.54 Å². The fourth-order valence-electron chi connectivity index (χ4n) is 4.39. The maximum absolute atomic E-state index is 6.04. The van der Waals surface area contributed by atoms with E-state index in [1.807, 2.05) is 50.2 Å². The molecule has 1 aliphatic heterocycles. The highest BCUT2D eigenvalue weighted by molar-refractivity contribution is 5.72. The van der Waals surface area contributed by atoms with Crippen LogP contribution in [0.3, 0.4) is 0 Å². The van der Waals surface area contributed by atoms with Gasteiger partial charge < -0.3 is 13.6 Å². The van der Waals surface area contributed by atoms with Crippen molar-refractivity contribution < 1.29 is 13.6 Å². The zero-order valence-electron chi connectivity index (χ0n) is 18.2. The third-order valence-corrected chi connectivity index (χ3v) is 6.07. The number of hydrogen-bond donors (Lipinski definition) is 0. The van der Waals surface area contributed by atoms with E-state index < -0.39 is 0 Å². The smallest absolute Gasteiger partial charge is 0.226 e. The molecule has 31 heavy (non-hydrogen) atoms. The van der Waals surface area contributed by atoms with Crippen molar-refractivity contribution >= 4 is 11.1 Å². The van der Waals surface area contributed by atoms with Crippen LogP contribution in [0.1, 0.15) is 41.7 Å². The maximum atomic E-state index is 6.04. The van der Waals surface area contributed by atoms with E-state index in [1.165, 1.54) is 0 Å². The van der Waals surface area contributed by atoms with Crippen LogP contribution in [0.15, 0.2) is 51.3 Å². The molecule has 0 saturated carbocycles. The molecule has 0 spiro atoms. The highest BCUT2D eigenvalue weighted by Gasteiger charge is 2.26. The highest BCUT2D eigenvalue weighted by atomic mass is 16.5. The number of nitrogens with zero attached hydrogens (tertiary/aromatic N) is 3. The predicted molar refractivity (Wildman–Crippen MR) is 119 cm³/mol. The Morgan fingerprint density at radius 3 is 2.77 bits per heavy atom. The van der Waals surface area contributed by atoms with Crippen LogP contribution in [0.4, 0.5) is 0 Å². The van der Waals surface area contributed by atoms with Crippen LogP contribution in [0, 0.1) is 13.8 Å². The van der Waals surface area contributed by atoms with Gasteiger partial charge in [0.15, 0.2) is 11.5 Å². The number of aromatic nitrogens is 2. The molecule has 160 valence electrons. The summed E-state index contributed by atoms with van der Waals surface area (Å²) in [6, 6.07) is 14.0. The molecule has 5 rings (SSSR count). The van der Waals surface area contributed by atoms with E-state index in [-0.39, 0.29) is 0 Å². The normalized spacial score (nSPS) is 17.3. The molecule has 0 N–H and O–H groups in total. The lowest BCUT2D eigenvalue weighted by Crippen LogP contribution is -2.34. The first kappa shape index (κ1) is 19.8. The lowest BCUT2D eigenvalue weighted by atomic mass is 9.98. The summed E-state index contributed by atoms with van der Waals surface area (Å²) in [7, 11) is 1.68. The van der Waals surface area contributed by atoms with E-state index in [4.69, 9.17) is 23.5 Å². The van der Waals surface area contributed by atoms with Crippen molar-refractivity contribution in [3.05, 3.63) is 65.4 Å². The molecule has 1 atom stereocenters. The van der Waals surface area contributed by atoms with Crippen LogP contribution in [0.25, 0.3) is 22.6 Å². The number of fused-ring (bicyclic) bond motifs is 1. The molecule has 0 amide bonds. The van der Waals surface area contributed by atoms with Crippen LogP contribution in [-0.4, -0.2) is 35.1 Å². The van der Waals surface area contributed by atoms with Crippen molar-refractivity contribution in [1.82, 2.24) is 14.9 Å².